The van der Waals surface area contributed by atoms with Gasteiger partial charge in [0.25, 0.3) is 0 Å². The van der Waals surface area contributed by atoms with E-state index in [2.05, 4.69) is 36.1 Å². The van der Waals surface area contributed by atoms with Crippen LogP contribution in [0.2, 0.25) is 0 Å². The van der Waals surface area contributed by atoms with Gasteiger partial charge < -0.3 is 10.2 Å². The first-order valence-corrected chi connectivity index (χ1v) is 6.31. The normalized spacial score (nSPS) is 27.4. The van der Waals surface area contributed by atoms with Crippen molar-refractivity contribution in [1.29, 1.82) is 0 Å². The van der Waals surface area contributed by atoms with E-state index in [0.717, 1.165) is 11.6 Å². The molecule has 0 spiro atoms. The van der Waals surface area contributed by atoms with Crippen molar-refractivity contribution >= 4 is 11.3 Å². The molecule has 15 heavy (non-hydrogen) atoms. The van der Waals surface area contributed by atoms with Crippen molar-refractivity contribution in [2.75, 3.05) is 13.6 Å². The number of hydrogen-bond acceptors (Lipinski definition) is 4. The number of aromatic nitrogens is 1. The molecule has 0 saturated carbocycles. The highest BCUT2D eigenvalue weighted by Gasteiger charge is 2.25. The average molecular weight is 225 g/mol. The van der Waals surface area contributed by atoms with E-state index in [0.29, 0.717) is 12.1 Å². The Morgan fingerprint density at radius 3 is 3.00 bits per heavy atom. The summed E-state index contributed by atoms with van der Waals surface area (Å²) in [4.78, 5) is 8.01. The second-order valence-electron chi connectivity index (χ2n) is 4.45. The number of nitrogens with zero attached hydrogens (tertiary/aromatic N) is 2. The minimum atomic E-state index is 0.646. The lowest BCUT2D eigenvalue weighted by molar-refractivity contribution is 0.326. The first-order chi connectivity index (χ1) is 7.15. The third kappa shape index (κ3) is 2.77. The second-order valence-corrected chi connectivity index (χ2v) is 5.77. The van der Waals surface area contributed by atoms with Gasteiger partial charge in [-0.25, -0.2) is 4.98 Å². The summed E-state index contributed by atoms with van der Waals surface area (Å²) in [7, 11) is 2.20. The maximum Gasteiger partial charge on any atom is 0.0897 e. The molecule has 0 aliphatic carbocycles. The predicted molar refractivity (Wildman–Crippen MR) is 64.2 cm³/mol. The molecule has 0 bridgehead atoms. The highest BCUT2D eigenvalue weighted by molar-refractivity contribution is 7.11. The molecule has 1 N–H and O–H groups in total. The van der Waals surface area contributed by atoms with Crippen LogP contribution >= 0.6 is 11.3 Å². The van der Waals surface area contributed by atoms with E-state index in [1.165, 1.54) is 17.8 Å². The fourth-order valence-electron chi connectivity index (χ4n) is 2.07. The summed E-state index contributed by atoms with van der Waals surface area (Å²) in [5.41, 5.74) is 0. The summed E-state index contributed by atoms with van der Waals surface area (Å²) in [6, 6.07) is 1.36. The zero-order valence-corrected chi connectivity index (χ0v) is 10.5. The Bertz CT molecular complexity index is 313. The molecule has 1 saturated heterocycles. The molecule has 4 heteroatoms. The molecule has 1 aliphatic heterocycles. The van der Waals surface area contributed by atoms with Crippen molar-refractivity contribution in [3.05, 3.63) is 16.1 Å². The van der Waals surface area contributed by atoms with E-state index in [1.807, 2.05) is 6.20 Å². The first kappa shape index (κ1) is 11.0. The van der Waals surface area contributed by atoms with Gasteiger partial charge >= 0.3 is 0 Å². The van der Waals surface area contributed by atoms with Gasteiger partial charge in [0, 0.05) is 36.2 Å². The molecule has 1 aromatic rings. The third-order valence-electron chi connectivity index (χ3n) is 3.12. The topological polar surface area (TPSA) is 28.2 Å². The third-order valence-corrected chi connectivity index (χ3v) is 4.03. The minimum absolute atomic E-state index is 0.646. The first-order valence-electron chi connectivity index (χ1n) is 5.50. The Morgan fingerprint density at radius 2 is 2.47 bits per heavy atom. The SMILES string of the molecule is Cc1ncc(CNC2CC(C)N(C)C2)s1. The molecule has 3 nitrogen and oxygen atoms in total. The molecule has 0 aromatic carbocycles. The summed E-state index contributed by atoms with van der Waals surface area (Å²) in [6.45, 7) is 6.48. The maximum absolute atomic E-state index is 4.26. The van der Waals surface area contributed by atoms with E-state index in [9.17, 15) is 0 Å². The molecule has 0 amide bonds. The van der Waals surface area contributed by atoms with Crippen molar-refractivity contribution in [2.24, 2.45) is 0 Å². The number of likely N-dealkylation sites (tertiary alicyclic amines) is 1. The smallest absolute Gasteiger partial charge is 0.0897 e. The molecule has 1 fully saturated rings. The molecule has 1 aromatic heterocycles. The number of nitrogens with one attached hydrogen (secondary N) is 1. The van der Waals surface area contributed by atoms with E-state index in [-0.39, 0.29) is 0 Å². The van der Waals surface area contributed by atoms with E-state index >= 15 is 0 Å². The fraction of sp³-hybridized carbons (Fsp3) is 0.727. The van der Waals surface area contributed by atoms with Crippen LogP contribution in [0.3, 0.4) is 0 Å². The lowest BCUT2D eigenvalue weighted by Gasteiger charge is -2.12. The fourth-order valence-corrected chi connectivity index (χ4v) is 2.82. The van der Waals surface area contributed by atoms with E-state index in [1.54, 1.807) is 11.3 Å². The van der Waals surface area contributed by atoms with E-state index < -0.39 is 0 Å². The number of thiazole rings is 1. The van der Waals surface area contributed by atoms with Gasteiger partial charge in [0.15, 0.2) is 0 Å². The molecular formula is C11H19N3S. The summed E-state index contributed by atoms with van der Waals surface area (Å²) >= 11 is 1.79. The van der Waals surface area contributed by atoms with Crippen molar-refractivity contribution in [2.45, 2.75) is 38.9 Å². The Hall–Kier alpha value is -0.450. The van der Waals surface area contributed by atoms with Crippen LogP contribution in [0.1, 0.15) is 23.2 Å². The van der Waals surface area contributed by atoms with Gasteiger partial charge in [-0.2, -0.15) is 0 Å². The van der Waals surface area contributed by atoms with Gasteiger partial charge in [-0.1, -0.05) is 0 Å². The lowest BCUT2D eigenvalue weighted by atomic mass is 10.2. The summed E-state index contributed by atoms with van der Waals surface area (Å²) in [6.07, 6.45) is 3.24. The average Bonchev–Trinajstić information content (AvgIpc) is 2.72. The summed E-state index contributed by atoms with van der Waals surface area (Å²) < 4.78 is 0. The lowest BCUT2D eigenvalue weighted by Crippen LogP contribution is -2.30. The Labute approximate surface area is 95.5 Å². The number of likely N-dealkylation sites (N-methyl/N-ethyl adjacent to an activating group) is 1. The number of hydrogen-bond donors (Lipinski definition) is 1. The zero-order valence-electron chi connectivity index (χ0n) is 9.66. The van der Waals surface area contributed by atoms with Gasteiger partial charge in [0.05, 0.1) is 5.01 Å². The summed E-state index contributed by atoms with van der Waals surface area (Å²) in [5.74, 6) is 0. The van der Waals surface area contributed by atoms with Gasteiger partial charge in [0.1, 0.15) is 0 Å². The molecule has 1 aliphatic rings. The standard InChI is InChI=1S/C11H19N3S/c1-8-4-10(7-14(8)3)13-6-11-5-12-9(2)15-11/h5,8,10,13H,4,6-7H2,1-3H3. The Balaban J connectivity index is 1.79. The molecule has 2 rings (SSSR count). The van der Waals surface area contributed by atoms with Crippen LogP contribution in [0.15, 0.2) is 6.20 Å². The zero-order chi connectivity index (χ0) is 10.8. The van der Waals surface area contributed by atoms with Gasteiger partial charge in [0.2, 0.25) is 0 Å². The second kappa shape index (κ2) is 4.60. The number of rotatable bonds is 3. The summed E-state index contributed by atoms with van der Waals surface area (Å²) in [5, 5.41) is 4.76. The van der Waals surface area contributed by atoms with E-state index in [4.69, 9.17) is 0 Å². The largest absolute Gasteiger partial charge is 0.308 e. The maximum atomic E-state index is 4.26. The molecular weight excluding hydrogens is 206 g/mol. The number of aryl methyl sites for hydroxylation is 1. The molecule has 2 atom stereocenters. The van der Waals surface area contributed by atoms with Gasteiger partial charge in [-0.05, 0) is 27.3 Å². The Morgan fingerprint density at radius 1 is 1.67 bits per heavy atom. The molecule has 2 unspecified atom stereocenters. The van der Waals surface area contributed by atoms with Crippen molar-refractivity contribution in [1.82, 2.24) is 15.2 Å². The van der Waals surface area contributed by atoms with Crippen LogP contribution in [0.5, 0.6) is 0 Å². The Kier molecular flexibility index (Phi) is 3.38. The van der Waals surface area contributed by atoms with Crippen molar-refractivity contribution in [3.63, 3.8) is 0 Å². The molecule has 2 heterocycles. The van der Waals surface area contributed by atoms with Crippen molar-refractivity contribution < 1.29 is 0 Å². The van der Waals surface area contributed by atoms with Crippen LogP contribution in [0.25, 0.3) is 0 Å². The molecule has 0 radical (unpaired) electrons. The van der Waals surface area contributed by atoms with Crippen LogP contribution in [0.4, 0.5) is 0 Å². The van der Waals surface area contributed by atoms with Crippen LogP contribution in [0, 0.1) is 6.92 Å². The van der Waals surface area contributed by atoms with Crippen molar-refractivity contribution in [3.8, 4) is 0 Å². The van der Waals surface area contributed by atoms with Crippen LogP contribution < -0.4 is 5.32 Å². The monoisotopic (exact) mass is 225 g/mol. The van der Waals surface area contributed by atoms with Gasteiger partial charge in [-0.15, -0.1) is 11.3 Å². The highest BCUT2D eigenvalue weighted by Crippen LogP contribution is 2.16. The predicted octanol–water partition coefficient (Wildman–Crippen LogP) is 1.63. The highest BCUT2D eigenvalue weighted by atomic mass is 32.1. The van der Waals surface area contributed by atoms with Crippen LogP contribution in [-0.2, 0) is 6.54 Å². The van der Waals surface area contributed by atoms with Crippen LogP contribution in [-0.4, -0.2) is 35.6 Å². The quantitative estimate of drug-likeness (QED) is 0.847. The minimum Gasteiger partial charge on any atom is -0.308 e. The molecule has 84 valence electrons. The van der Waals surface area contributed by atoms with Gasteiger partial charge in [-0.3, -0.25) is 0 Å².